The second kappa shape index (κ2) is 4.23. The first-order chi connectivity index (χ1) is 9.35. The molecule has 1 atom stereocenters. The zero-order valence-corrected chi connectivity index (χ0v) is 12.1. The molecule has 0 saturated heterocycles. The van der Waals surface area contributed by atoms with E-state index in [1.165, 1.54) is 5.56 Å². The smallest absolute Gasteiger partial charge is 0.221 e. The highest BCUT2D eigenvalue weighted by Gasteiger charge is 2.36. The van der Waals surface area contributed by atoms with Crippen LogP contribution in [-0.2, 0) is 6.42 Å². The summed E-state index contributed by atoms with van der Waals surface area (Å²) in [5.74, 6) is 2.84. The second-order valence-electron chi connectivity index (χ2n) is 6.40. The summed E-state index contributed by atoms with van der Waals surface area (Å²) in [6.45, 7) is 6.47. The maximum atomic E-state index is 6.04. The molecule has 1 unspecified atom stereocenters. The molecule has 20 heavy (non-hydrogen) atoms. The summed E-state index contributed by atoms with van der Waals surface area (Å²) in [5, 5.41) is 0. The largest absolute Gasteiger partial charge is 0.466 e. The second-order valence-corrected chi connectivity index (χ2v) is 6.40. The fourth-order valence-electron chi connectivity index (χ4n) is 3.15. The number of nitrogens with two attached hydrogens (primary N) is 2. The summed E-state index contributed by atoms with van der Waals surface area (Å²) in [7, 11) is 0. The van der Waals surface area contributed by atoms with Gasteiger partial charge in [0.25, 0.3) is 0 Å². The standard InChI is InChI=1S/C15H20N4O/c1-8-4-9-10(5-15(2,3)6-12(9)20-8)11-7-18-14(17)19-13(11)16/h4,7,10H,5-6H2,1-3H3,(H4,16,17,18,19). The van der Waals surface area contributed by atoms with E-state index in [9.17, 15) is 0 Å². The molecular weight excluding hydrogens is 252 g/mol. The highest BCUT2D eigenvalue weighted by Crippen LogP contribution is 2.47. The number of hydrogen-bond acceptors (Lipinski definition) is 5. The zero-order valence-electron chi connectivity index (χ0n) is 12.1. The highest BCUT2D eigenvalue weighted by molar-refractivity contribution is 5.49. The minimum atomic E-state index is 0.162. The van der Waals surface area contributed by atoms with E-state index >= 15 is 0 Å². The molecular formula is C15H20N4O. The molecule has 0 spiro atoms. The summed E-state index contributed by atoms with van der Waals surface area (Å²) >= 11 is 0. The Bertz CT molecular complexity index is 660. The Balaban J connectivity index is 2.12. The molecule has 2 aromatic rings. The normalized spacial score (nSPS) is 20.6. The van der Waals surface area contributed by atoms with Gasteiger partial charge in [0.1, 0.15) is 17.3 Å². The van der Waals surface area contributed by atoms with Crippen LogP contribution in [0.25, 0.3) is 0 Å². The van der Waals surface area contributed by atoms with Crippen molar-refractivity contribution in [2.24, 2.45) is 5.41 Å². The molecule has 2 aromatic heterocycles. The van der Waals surface area contributed by atoms with Crippen LogP contribution in [-0.4, -0.2) is 9.97 Å². The van der Waals surface area contributed by atoms with Crippen molar-refractivity contribution in [1.29, 1.82) is 0 Å². The van der Waals surface area contributed by atoms with Crippen LogP contribution in [0, 0.1) is 12.3 Å². The van der Waals surface area contributed by atoms with Gasteiger partial charge >= 0.3 is 0 Å². The number of furan rings is 1. The Morgan fingerprint density at radius 2 is 2.05 bits per heavy atom. The number of nitrogens with zero attached hydrogens (tertiary/aromatic N) is 2. The molecule has 0 amide bonds. The van der Waals surface area contributed by atoms with Crippen molar-refractivity contribution in [3.05, 3.63) is 34.9 Å². The number of fused-ring (bicyclic) bond motifs is 1. The fourth-order valence-corrected chi connectivity index (χ4v) is 3.15. The average Bonchev–Trinajstić information content (AvgIpc) is 2.67. The average molecular weight is 272 g/mol. The van der Waals surface area contributed by atoms with E-state index in [4.69, 9.17) is 15.9 Å². The van der Waals surface area contributed by atoms with Crippen molar-refractivity contribution in [3.8, 4) is 0 Å². The van der Waals surface area contributed by atoms with Crippen LogP contribution >= 0.6 is 0 Å². The molecule has 0 fully saturated rings. The van der Waals surface area contributed by atoms with Gasteiger partial charge in [-0.25, -0.2) is 4.98 Å². The zero-order chi connectivity index (χ0) is 14.5. The Labute approximate surface area is 118 Å². The van der Waals surface area contributed by atoms with E-state index < -0.39 is 0 Å². The quantitative estimate of drug-likeness (QED) is 0.832. The van der Waals surface area contributed by atoms with Gasteiger partial charge in [0, 0.05) is 29.7 Å². The molecule has 1 aliphatic carbocycles. The summed E-state index contributed by atoms with van der Waals surface area (Å²) in [6.07, 6.45) is 3.69. The van der Waals surface area contributed by atoms with Crippen molar-refractivity contribution in [2.45, 2.75) is 39.5 Å². The van der Waals surface area contributed by atoms with Gasteiger partial charge in [-0.05, 0) is 24.8 Å². The van der Waals surface area contributed by atoms with E-state index in [0.717, 1.165) is 29.9 Å². The van der Waals surface area contributed by atoms with Crippen LogP contribution in [0.3, 0.4) is 0 Å². The number of anilines is 2. The minimum absolute atomic E-state index is 0.162. The third-order valence-corrected chi connectivity index (χ3v) is 3.98. The summed E-state index contributed by atoms with van der Waals surface area (Å²) in [4.78, 5) is 8.19. The summed E-state index contributed by atoms with van der Waals surface area (Å²) < 4.78 is 5.85. The fraction of sp³-hybridized carbons (Fsp3) is 0.467. The van der Waals surface area contributed by atoms with Crippen molar-refractivity contribution < 1.29 is 4.42 Å². The van der Waals surface area contributed by atoms with Crippen LogP contribution < -0.4 is 11.5 Å². The topological polar surface area (TPSA) is 91.0 Å². The first-order valence-corrected chi connectivity index (χ1v) is 6.83. The maximum absolute atomic E-state index is 6.04. The molecule has 0 saturated carbocycles. The van der Waals surface area contributed by atoms with Crippen LogP contribution in [0.2, 0.25) is 0 Å². The molecule has 0 bridgehead atoms. The SMILES string of the molecule is Cc1cc2c(o1)CC(C)(C)CC2c1cnc(N)nc1N. The maximum Gasteiger partial charge on any atom is 0.221 e. The number of rotatable bonds is 1. The molecule has 106 valence electrons. The monoisotopic (exact) mass is 272 g/mol. The lowest BCUT2D eigenvalue weighted by Gasteiger charge is -2.34. The number of aromatic nitrogens is 2. The van der Waals surface area contributed by atoms with Crippen molar-refractivity contribution in [3.63, 3.8) is 0 Å². The Hall–Kier alpha value is -2.04. The molecule has 5 nitrogen and oxygen atoms in total. The van der Waals surface area contributed by atoms with Crippen molar-refractivity contribution in [2.75, 3.05) is 11.5 Å². The van der Waals surface area contributed by atoms with Crippen LogP contribution in [0.1, 0.15) is 48.8 Å². The van der Waals surface area contributed by atoms with Gasteiger partial charge in [0.2, 0.25) is 5.95 Å². The Morgan fingerprint density at radius 3 is 2.75 bits per heavy atom. The van der Waals surface area contributed by atoms with Crippen molar-refractivity contribution in [1.82, 2.24) is 9.97 Å². The Kier molecular flexibility index (Phi) is 2.74. The van der Waals surface area contributed by atoms with E-state index in [2.05, 4.69) is 29.9 Å². The third kappa shape index (κ3) is 2.13. The van der Waals surface area contributed by atoms with E-state index in [1.807, 2.05) is 6.92 Å². The lowest BCUT2D eigenvalue weighted by Crippen LogP contribution is -2.26. The van der Waals surface area contributed by atoms with Crippen molar-refractivity contribution >= 4 is 11.8 Å². The number of nitrogen functional groups attached to an aromatic ring is 2. The van der Waals surface area contributed by atoms with Gasteiger partial charge < -0.3 is 15.9 Å². The first kappa shape index (κ1) is 13.0. The molecule has 5 heteroatoms. The number of hydrogen-bond donors (Lipinski definition) is 2. The van der Waals surface area contributed by atoms with E-state index in [1.54, 1.807) is 6.20 Å². The summed E-state index contributed by atoms with van der Waals surface area (Å²) in [5.41, 5.74) is 13.9. The number of aryl methyl sites for hydroxylation is 1. The summed E-state index contributed by atoms with van der Waals surface area (Å²) in [6, 6.07) is 2.10. The molecule has 0 radical (unpaired) electrons. The van der Waals surface area contributed by atoms with Gasteiger partial charge in [-0.2, -0.15) is 4.98 Å². The molecule has 0 aliphatic heterocycles. The highest BCUT2D eigenvalue weighted by atomic mass is 16.3. The predicted molar refractivity (Wildman–Crippen MR) is 78.2 cm³/mol. The molecule has 3 rings (SSSR count). The van der Waals surface area contributed by atoms with Gasteiger partial charge in [-0.1, -0.05) is 13.8 Å². The lowest BCUT2D eigenvalue weighted by molar-refractivity contribution is 0.265. The van der Waals surface area contributed by atoms with E-state index in [0.29, 0.717) is 5.82 Å². The third-order valence-electron chi connectivity index (χ3n) is 3.98. The van der Waals surface area contributed by atoms with Gasteiger partial charge in [0.05, 0.1) is 0 Å². The van der Waals surface area contributed by atoms with Gasteiger partial charge in [-0.3, -0.25) is 0 Å². The molecule has 1 aliphatic rings. The molecule has 2 heterocycles. The van der Waals surface area contributed by atoms with E-state index in [-0.39, 0.29) is 17.3 Å². The van der Waals surface area contributed by atoms with Gasteiger partial charge in [-0.15, -0.1) is 0 Å². The van der Waals surface area contributed by atoms with Crippen LogP contribution in [0.5, 0.6) is 0 Å². The Morgan fingerprint density at radius 1 is 1.30 bits per heavy atom. The first-order valence-electron chi connectivity index (χ1n) is 6.83. The lowest BCUT2D eigenvalue weighted by atomic mass is 9.70. The predicted octanol–water partition coefficient (Wildman–Crippen LogP) is 2.65. The molecule has 4 N–H and O–H groups in total. The minimum Gasteiger partial charge on any atom is -0.466 e. The van der Waals surface area contributed by atoms with Crippen LogP contribution in [0.15, 0.2) is 16.7 Å². The molecule has 0 aromatic carbocycles. The van der Waals surface area contributed by atoms with Gasteiger partial charge in [0.15, 0.2) is 0 Å². The van der Waals surface area contributed by atoms with Crippen LogP contribution in [0.4, 0.5) is 11.8 Å².